The summed E-state index contributed by atoms with van der Waals surface area (Å²) in [5.41, 5.74) is 0. The highest BCUT2D eigenvalue weighted by Crippen LogP contribution is 2.21. The number of carboxylic acids is 1. The first-order valence-corrected chi connectivity index (χ1v) is 7.07. The molecule has 2 unspecified atom stereocenters. The van der Waals surface area contributed by atoms with Gasteiger partial charge in [0.1, 0.15) is 0 Å². The summed E-state index contributed by atoms with van der Waals surface area (Å²) < 4.78 is 0. The minimum absolute atomic E-state index is 0.0326. The molecule has 108 valence electrons. The third-order valence-corrected chi connectivity index (χ3v) is 3.94. The molecule has 2 saturated heterocycles. The molecule has 0 saturated carbocycles. The molecule has 6 heteroatoms. The topological polar surface area (TPSA) is 72.9 Å². The molecule has 0 bridgehead atoms. The van der Waals surface area contributed by atoms with Gasteiger partial charge in [0.2, 0.25) is 0 Å². The minimum Gasteiger partial charge on any atom is -0.481 e. The van der Waals surface area contributed by atoms with E-state index in [9.17, 15) is 9.59 Å². The fourth-order valence-corrected chi connectivity index (χ4v) is 3.01. The quantitative estimate of drug-likeness (QED) is 0.792. The first-order valence-electron chi connectivity index (χ1n) is 7.07. The van der Waals surface area contributed by atoms with Crippen LogP contribution in [0.25, 0.3) is 0 Å². The maximum absolute atomic E-state index is 12.1. The summed E-state index contributed by atoms with van der Waals surface area (Å²) in [4.78, 5) is 27.0. The van der Waals surface area contributed by atoms with Crippen LogP contribution in [0.4, 0.5) is 4.79 Å². The van der Waals surface area contributed by atoms with Crippen LogP contribution in [0.1, 0.15) is 32.6 Å². The van der Waals surface area contributed by atoms with Crippen molar-refractivity contribution in [3.8, 4) is 0 Å². The Kier molecular flexibility index (Phi) is 4.63. The number of aliphatic carboxylic acids is 1. The van der Waals surface area contributed by atoms with Gasteiger partial charge >= 0.3 is 12.0 Å². The van der Waals surface area contributed by atoms with Gasteiger partial charge in [-0.2, -0.15) is 0 Å². The number of urea groups is 1. The van der Waals surface area contributed by atoms with Crippen molar-refractivity contribution in [1.82, 2.24) is 15.1 Å². The zero-order chi connectivity index (χ0) is 13.8. The summed E-state index contributed by atoms with van der Waals surface area (Å²) in [6.07, 6.45) is 3.34. The van der Waals surface area contributed by atoms with Crippen molar-refractivity contribution in [2.75, 3.05) is 26.2 Å². The third kappa shape index (κ3) is 3.83. The second-order valence-electron chi connectivity index (χ2n) is 5.58. The van der Waals surface area contributed by atoms with Crippen LogP contribution in [0.15, 0.2) is 0 Å². The number of fused-ring (bicyclic) bond motifs is 1. The minimum atomic E-state index is -0.884. The van der Waals surface area contributed by atoms with E-state index in [0.717, 1.165) is 39.0 Å². The number of hydrogen-bond acceptors (Lipinski definition) is 3. The molecule has 2 amide bonds. The highest BCUT2D eigenvalue weighted by Gasteiger charge is 2.30. The molecule has 0 aromatic carbocycles. The Hall–Kier alpha value is -1.30. The second-order valence-corrected chi connectivity index (χ2v) is 5.58. The molecule has 2 rings (SSSR count). The smallest absolute Gasteiger partial charge is 0.317 e. The molecular weight excluding hydrogens is 246 g/mol. The summed E-state index contributed by atoms with van der Waals surface area (Å²) in [6.45, 7) is 5.48. The fraction of sp³-hybridized carbons (Fsp3) is 0.846. The van der Waals surface area contributed by atoms with E-state index in [-0.39, 0.29) is 18.5 Å². The molecule has 19 heavy (non-hydrogen) atoms. The van der Waals surface area contributed by atoms with Crippen molar-refractivity contribution in [1.29, 1.82) is 0 Å². The molecule has 2 atom stereocenters. The molecule has 2 aliphatic rings. The summed E-state index contributed by atoms with van der Waals surface area (Å²) in [7, 11) is 0. The number of rotatable bonds is 3. The number of hydrogen-bond donors (Lipinski definition) is 2. The Morgan fingerprint density at radius 1 is 1.32 bits per heavy atom. The lowest BCUT2D eigenvalue weighted by atomic mass is 10.2. The van der Waals surface area contributed by atoms with Gasteiger partial charge < -0.3 is 15.3 Å². The lowest BCUT2D eigenvalue weighted by molar-refractivity contribution is -0.137. The number of carbonyl (C=O) groups is 2. The number of nitrogens with one attached hydrogen (secondary N) is 1. The van der Waals surface area contributed by atoms with E-state index in [2.05, 4.69) is 10.2 Å². The molecular formula is C13H23N3O3. The molecule has 2 heterocycles. The van der Waals surface area contributed by atoms with Crippen LogP contribution >= 0.6 is 0 Å². The van der Waals surface area contributed by atoms with Crippen molar-refractivity contribution in [3.63, 3.8) is 0 Å². The monoisotopic (exact) mass is 269 g/mol. The summed E-state index contributed by atoms with van der Waals surface area (Å²) in [5.74, 6) is -0.884. The van der Waals surface area contributed by atoms with E-state index in [1.165, 1.54) is 6.42 Å². The number of amides is 2. The lowest BCUT2D eigenvalue weighted by Crippen LogP contribution is -2.47. The average Bonchev–Trinajstić information content (AvgIpc) is 2.65. The van der Waals surface area contributed by atoms with Crippen molar-refractivity contribution in [2.24, 2.45) is 0 Å². The summed E-state index contributed by atoms with van der Waals surface area (Å²) in [5, 5.41) is 11.5. The Morgan fingerprint density at radius 2 is 2.05 bits per heavy atom. The first kappa shape index (κ1) is 14.1. The fourth-order valence-electron chi connectivity index (χ4n) is 3.01. The van der Waals surface area contributed by atoms with Crippen molar-refractivity contribution < 1.29 is 14.7 Å². The first-order chi connectivity index (χ1) is 9.06. The molecule has 0 radical (unpaired) electrons. The Bertz CT molecular complexity index is 348. The molecule has 0 spiro atoms. The molecule has 0 aliphatic carbocycles. The van der Waals surface area contributed by atoms with Crippen molar-refractivity contribution >= 4 is 12.0 Å². The largest absolute Gasteiger partial charge is 0.481 e. The van der Waals surface area contributed by atoms with Crippen LogP contribution in [0.2, 0.25) is 0 Å². The van der Waals surface area contributed by atoms with Gasteiger partial charge in [0.15, 0.2) is 0 Å². The molecule has 2 fully saturated rings. The van der Waals surface area contributed by atoms with Crippen LogP contribution in [-0.2, 0) is 4.79 Å². The van der Waals surface area contributed by atoms with Crippen LogP contribution in [0, 0.1) is 0 Å². The maximum Gasteiger partial charge on any atom is 0.317 e. The van der Waals surface area contributed by atoms with E-state index < -0.39 is 5.97 Å². The molecule has 0 aromatic heterocycles. The van der Waals surface area contributed by atoms with Crippen LogP contribution in [0.5, 0.6) is 0 Å². The Balaban J connectivity index is 1.86. The number of carboxylic acid groups (broad SMARTS) is 1. The predicted molar refractivity (Wildman–Crippen MR) is 71.0 cm³/mol. The summed E-state index contributed by atoms with van der Waals surface area (Å²) in [6, 6.07) is 0.0402. The van der Waals surface area contributed by atoms with E-state index in [4.69, 9.17) is 5.11 Å². The van der Waals surface area contributed by atoms with Gasteiger partial charge in [0.05, 0.1) is 6.42 Å². The van der Waals surface area contributed by atoms with Gasteiger partial charge in [-0.3, -0.25) is 9.69 Å². The Morgan fingerprint density at radius 3 is 2.79 bits per heavy atom. The zero-order valence-corrected chi connectivity index (χ0v) is 11.5. The van der Waals surface area contributed by atoms with Gasteiger partial charge in [-0.25, -0.2) is 4.79 Å². The third-order valence-electron chi connectivity index (χ3n) is 3.94. The Labute approximate surface area is 113 Å². The second kappa shape index (κ2) is 6.23. The van der Waals surface area contributed by atoms with E-state index in [0.29, 0.717) is 6.04 Å². The highest BCUT2D eigenvalue weighted by molar-refractivity contribution is 5.76. The van der Waals surface area contributed by atoms with E-state index in [1.807, 2.05) is 4.90 Å². The van der Waals surface area contributed by atoms with E-state index in [1.54, 1.807) is 6.92 Å². The van der Waals surface area contributed by atoms with Gasteiger partial charge in [-0.1, -0.05) is 0 Å². The standard InChI is InChI=1S/C13H23N3O3/c1-10(8-12(17)18)14-13(19)16-7-3-6-15-5-2-4-11(15)9-16/h10-11H,2-9H2,1H3,(H,14,19)(H,17,18). The molecule has 6 nitrogen and oxygen atoms in total. The van der Waals surface area contributed by atoms with Crippen LogP contribution < -0.4 is 5.32 Å². The van der Waals surface area contributed by atoms with Gasteiger partial charge in [-0.05, 0) is 32.7 Å². The molecule has 0 aromatic rings. The number of nitrogens with zero attached hydrogens (tertiary/aromatic N) is 2. The van der Waals surface area contributed by atoms with Gasteiger partial charge in [0, 0.05) is 31.7 Å². The summed E-state index contributed by atoms with van der Waals surface area (Å²) >= 11 is 0. The highest BCUT2D eigenvalue weighted by atomic mass is 16.4. The normalized spacial score (nSPS) is 25.5. The van der Waals surface area contributed by atoms with Crippen LogP contribution in [-0.4, -0.2) is 65.2 Å². The number of carbonyl (C=O) groups excluding carboxylic acids is 1. The van der Waals surface area contributed by atoms with Crippen LogP contribution in [0.3, 0.4) is 0 Å². The lowest BCUT2D eigenvalue weighted by Gasteiger charge is -2.27. The predicted octanol–water partition coefficient (Wildman–Crippen LogP) is 0.729. The molecule has 2 N–H and O–H groups in total. The van der Waals surface area contributed by atoms with E-state index >= 15 is 0 Å². The SMILES string of the molecule is CC(CC(=O)O)NC(=O)N1CCCN2CCCC2C1. The van der Waals surface area contributed by atoms with Gasteiger partial charge in [-0.15, -0.1) is 0 Å². The zero-order valence-electron chi connectivity index (χ0n) is 11.5. The van der Waals surface area contributed by atoms with Crippen molar-refractivity contribution in [2.45, 2.75) is 44.7 Å². The maximum atomic E-state index is 12.1. The van der Waals surface area contributed by atoms with Crippen molar-refractivity contribution in [3.05, 3.63) is 0 Å². The molecule has 2 aliphatic heterocycles. The van der Waals surface area contributed by atoms with Gasteiger partial charge in [0.25, 0.3) is 0 Å². The average molecular weight is 269 g/mol.